The second kappa shape index (κ2) is 4.82. The SMILES string of the molecule is CC(C)(C)OCc1cccc(N=[N+]=[N-])c1. The lowest BCUT2D eigenvalue weighted by molar-refractivity contribution is -0.0149. The summed E-state index contributed by atoms with van der Waals surface area (Å²) in [4.78, 5) is 2.74. The maximum atomic E-state index is 8.30. The fourth-order valence-corrected chi connectivity index (χ4v) is 1.06. The van der Waals surface area contributed by atoms with Gasteiger partial charge in [0.15, 0.2) is 0 Å². The highest BCUT2D eigenvalue weighted by atomic mass is 16.5. The van der Waals surface area contributed by atoms with Gasteiger partial charge < -0.3 is 4.74 Å². The van der Waals surface area contributed by atoms with Gasteiger partial charge in [0.25, 0.3) is 0 Å². The summed E-state index contributed by atoms with van der Waals surface area (Å²) in [6.07, 6.45) is 0. The first-order chi connectivity index (χ1) is 7.01. The molecule has 0 spiro atoms. The minimum atomic E-state index is -0.158. The molecule has 80 valence electrons. The Morgan fingerprint density at radius 1 is 1.40 bits per heavy atom. The van der Waals surface area contributed by atoms with E-state index in [1.54, 1.807) is 6.07 Å². The largest absolute Gasteiger partial charge is 0.371 e. The van der Waals surface area contributed by atoms with Crippen molar-refractivity contribution in [2.24, 2.45) is 5.11 Å². The van der Waals surface area contributed by atoms with Gasteiger partial charge in [0, 0.05) is 10.6 Å². The molecular formula is C11H15N3O. The molecule has 0 radical (unpaired) electrons. The van der Waals surface area contributed by atoms with Crippen molar-refractivity contribution in [2.45, 2.75) is 33.0 Å². The van der Waals surface area contributed by atoms with Gasteiger partial charge in [-0.05, 0) is 37.9 Å². The smallest absolute Gasteiger partial charge is 0.0724 e. The van der Waals surface area contributed by atoms with Crippen LogP contribution in [0, 0.1) is 0 Å². The van der Waals surface area contributed by atoms with Crippen LogP contribution in [0.4, 0.5) is 5.69 Å². The minimum Gasteiger partial charge on any atom is -0.371 e. The molecule has 0 atom stereocenters. The van der Waals surface area contributed by atoms with Gasteiger partial charge in [-0.3, -0.25) is 0 Å². The monoisotopic (exact) mass is 205 g/mol. The van der Waals surface area contributed by atoms with Crippen molar-refractivity contribution < 1.29 is 4.74 Å². The number of rotatable bonds is 3. The average Bonchev–Trinajstić information content (AvgIpc) is 2.15. The van der Waals surface area contributed by atoms with Gasteiger partial charge in [0.1, 0.15) is 0 Å². The van der Waals surface area contributed by atoms with Crippen molar-refractivity contribution in [2.75, 3.05) is 0 Å². The molecule has 0 aliphatic carbocycles. The third kappa shape index (κ3) is 4.49. The second-order valence-electron chi connectivity index (χ2n) is 4.26. The Bertz CT molecular complexity index is 376. The van der Waals surface area contributed by atoms with Crippen LogP contribution < -0.4 is 0 Å². The first-order valence-electron chi connectivity index (χ1n) is 4.79. The summed E-state index contributed by atoms with van der Waals surface area (Å²) < 4.78 is 5.61. The highest BCUT2D eigenvalue weighted by molar-refractivity contribution is 5.39. The van der Waals surface area contributed by atoms with Crippen molar-refractivity contribution in [3.63, 3.8) is 0 Å². The third-order valence-electron chi connectivity index (χ3n) is 1.74. The number of hydrogen-bond acceptors (Lipinski definition) is 2. The van der Waals surface area contributed by atoms with E-state index in [4.69, 9.17) is 10.3 Å². The summed E-state index contributed by atoms with van der Waals surface area (Å²) >= 11 is 0. The predicted octanol–water partition coefficient (Wildman–Crippen LogP) is 3.94. The molecule has 0 heterocycles. The van der Waals surface area contributed by atoms with E-state index >= 15 is 0 Å². The number of nitrogens with zero attached hydrogens (tertiary/aromatic N) is 3. The molecule has 4 heteroatoms. The van der Waals surface area contributed by atoms with Gasteiger partial charge in [0.05, 0.1) is 12.2 Å². The molecule has 1 aromatic rings. The molecule has 0 aliphatic rings. The van der Waals surface area contributed by atoms with Crippen molar-refractivity contribution >= 4 is 5.69 Å². The summed E-state index contributed by atoms with van der Waals surface area (Å²) in [6, 6.07) is 7.39. The van der Waals surface area contributed by atoms with E-state index in [0.717, 1.165) is 5.56 Å². The molecule has 0 aliphatic heterocycles. The molecule has 0 saturated carbocycles. The van der Waals surface area contributed by atoms with Crippen LogP contribution in [0.1, 0.15) is 26.3 Å². The van der Waals surface area contributed by atoms with Gasteiger partial charge >= 0.3 is 0 Å². The van der Waals surface area contributed by atoms with E-state index in [1.165, 1.54) is 0 Å². The lowest BCUT2D eigenvalue weighted by Gasteiger charge is -2.19. The Labute approximate surface area is 89.5 Å². The zero-order valence-electron chi connectivity index (χ0n) is 9.27. The van der Waals surface area contributed by atoms with Crippen molar-refractivity contribution in [1.29, 1.82) is 0 Å². The van der Waals surface area contributed by atoms with E-state index < -0.39 is 0 Å². The molecular weight excluding hydrogens is 190 g/mol. The minimum absolute atomic E-state index is 0.158. The topological polar surface area (TPSA) is 58.0 Å². The van der Waals surface area contributed by atoms with Crippen molar-refractivity contribution in [1.82, 2.24) is 0 Å². The van der Waals surface area contributed by atoms with E-state index in [1.807, 2.05) is 39.0 Å². The van der Waals surface area contributed by atoms with Crippen LogP contribution in [0.25, 0.3) is 10.4 Å². The Morgan fingerprint density at radius 2 is 2.13 bits per heavy atom. The van der Waals surface area contributed by atoms with Gasteiger partial charge in [0.2, 0.25) is 0 Å². The van der Waals surface area contributed by atoms with Gasteiger partial charge in [-0.15, -0.1) is 0 Å². The maximum Gasteiger partial charge on any atom is 0.0724 e. The van der Waals surface area contributed by atoms with Crippen LogP contribution >= 0.6 is 0 Å². The van der Waals surface area contributed by atoms with Crippen LogP contribution in [0.3, 0.4) is 0 Å². The molecule has 0 amide bonds. The second-order valence-corrected chi connectivity index (χ2v) is 4.26. The van der Waals surface area contributed by atoms with E-state index in [0.29, 0.717) is 12.3 Å². The van der Waals surface area contributed by atoms with E-state index in [9.17, 15) is 0 Å². The first-order valence-corrected chi connectivity index (χ1v) is 4.79. The predicted molar refractivity (Wildman–Crippen MR) is 59.8 cm³/mol. The Hall–Kier alpha value is -1.51. The Morgan fingerprint density at radius 3 is 2.73 bits per heavy atom. The fraction of sp³-hybridized carbons (Fsp3) is 0.455. The van der Waals surface area contributed by atoms with Gasteiger partial charge in [-0.25, -0.2) is 0 Å². The van der Waals surface area contributed by atoms with Crippen molar-refractivity contribution in [3.8, 4) is 0 Å². The van der Waals surface area contributed by atoms with E-state index in [2.05, 4.69) is 10.0 Å². The third-order valence-corrected chi connectivity index (χ3v) is 1.74. The molecule has 1 rings (SSSR count). The van der Waals surface area contributed by atoms with Crippen LogP contribution in [0.15, 0.2) is 29.4 Å². The normalized spacial score (nSPS) is 10.9. The number of hydrogen-bond donors (Lipinski definition) is 0. The van der Waals surface area contributed by atoms with Crippen LogP contribution in [-0.2, 0) is 11.3 Å². The zero-order chi connectivity index (χ0) is 11.3. The van der Waals surface area contributed by atoms with Crippen LogP contribution in [0.2, 0.25) is 0 Å². The molecule has 0 N–H and O–H groups in total. The molecule has 1 aromatic carbocycles. The van der Waals surface area contributed by atoms with Gasteiger partial charge in [-0.1, -0.05) is 23.3 Å². The standard InChI is InChI=1S/C11H15N3O/c1-11(2,3)15-8-9-5-4-6-10(7-9)13-14-12/h4-7H,8H2,1-3H3. The lowest BCUT2D eigenvalue weighted by atomic mass is 10.1. The number of benzene rings is 1. The summed E-state index contributed by atoms with van der Waals surface area (Å²) in [5.74, 6) is 0. The maximum absolute atomic E-state index is 8.30. The van der Waals surface area contributed by atoms with Crippen molar-refractivity contribution in [3.05, 3.63) is 40.3 Å². The number of azide groups is 1. The summed E-state index contributed by atoms with van der Waals surface area (Å²) in [7, 11) is 0. The van der Waals surface area contributed by atoms with Gasteiger partial charge in [-0.2, -0.15) is 0 Å². The zero-order valence-corrected chi connectivity index (χ0v) is 9.27. The van der Waals surface area contributed by atoms with Crippen LogP contribution in [-0.4, -0.2) is 5.60 Å². The molecule has 0 saturated heterocycles. The highest BCUT2D eigenvalue weighted by Crippen LogP contribution is 2.17. The van der Waals surface area contributed by atoms with E-state index in [-0.39, 0.29) is 5.60 Å². The summed E-state index contributed by atoms with van der Waals surface area (Å²) in [5, 5.41) is 3.54. The molecule has 15 heavy (non-hydrogen) atoms. The number of ether oxygens (including phenoxy) is 1. The molecule has 0 fully saturated rings. The summed E-state index contributed by atoms with van der Waals surface area (Å²) in [5.41, 5.74) is 9.77. The highest BCUT2D eigenvalue weighted by Gasteiger charge is 2.09. The Balaban J connectivity index is 2.70. The molecule has 0 unspecified atom stereocenters. The lowest BCUT2D eigenvalue weighted by Crippen LogP contribution is -2.18. The molecule has 0 aromatic heterocycles. The first kappa shape index (κ1) is 11.6. The molecule has 0 bridgehead atoms. The Kier molecular flexibility index (Phi) is 3.72. The summed E-state index contributed by atoms with van der Waals surface area (Å²) in [6.45, 7) is 6.54. The quantitative estimate of drug-likeness (QED) is 0.418. The fourth-order valence-electron chi connectivity index (χ4n) is 1.06. The van der Waals surface area contributed by atoms with Crippen LogP contribution in [0.5, 0.6) is 0 Å². The average molecular weight is 205 g/mol. The molecule has 4 nitrogen and oxygen atoms in total.